The lowest BCUT2D eigenvalue weighted by Gasteiger charge is -2.30. The van der Waals surface area contributed by atoms with Crippen molar-refractivity contribution in [3.05, 3.63) is 77.4 Å². The molecule has 5 heteroatoms. The van der Waals surface area contributed by atoms with Crippen LogP contribution in [0.2, 0.25) is 0 Å². The van der Waals surface area contributed by atoms with Crippen molar-refractivity contribution in [1.29, 1.82) is 0 Å². The quantitative estimate of drug-likeness (QED) is 0.659. The van der Waals surface area contributed by atoms with Gasteiger partial charge in [-0.15, -0.1) is 0 Å². The highest BCUT2D eigenvalue weighted by atomic mass is 16.7. The normalized spacial score (nSPS) is 14.0. The second-order valence-corrected chi connectivity index (χ2v) is 6.54. The van der Waals surface area contributed by atoms with Gasteiger partial charge in [-0.05, 0) is 73.5 Å². The summed E-state index contributed by atoms with van der Waals surface area (Å²) < 4.78 is 12.5. The molecule has 0 bridgehead atoms. The van der Waals surface area contributed by atoms with Crippen LogP contribution in [0.25, 0.3) is 0 Å². The second kappa shape index (κ2) is 6.36. The van der Waals surface area contributed by atoms with Crippen LogP contribution in [0.1, 0.15) is 16.7 Å². The number of fused-ring (bicyclic) bond motifs is 1. The first-order chi connectivity index (χ1) is 13.0. The van der Waals surface area contributed by atoms with Crippen LogP contribution < -0.4 is 9.47 Å². The van der Waals surface area contributed by atoms with E-state index < -0.39 is 5.79 Å². The fourth-order valence-electron chi connectivity index (χ4n) is 3.02. The van der Waals surface area contributed by atoms with Crippen molar-refractivity contribution in [2.75, 3.05) is 0 Å². The summed E-state index contributed by atoms with van der Waals surface area (Å²) in [6.45, 7) is 3.60. The Morgan fingerprint density at radius 2 is 1.33 bits per heavy atom. The Hall–Kier alpha value is -3.47. The Kier molecular flexibility index (Phi) is 4.00. The number of hydrogen-bond donors (Lipinski definition) is 2. The van der Waals surface area contributed by atoms with Crippen molar-refractivity contribution in [1.82, 2.24) is 0 Å². The third-order valence-electron chi connectivity index (χ3n) is 4.53. The Balaban J connectivity index is 1.77. The van der Waals surface area contributed by atoms with Crippen LogP contribution in [0, 0.1) is 13.8 Å². The van der Waals surface area contributed by atoms with Gasteiger partial charge < -0.3 is 19.7 Å². The summed E-state index contributed by atoms with van der Waals surface area (Å²) in [5, 5.41) is 19.6. The van der Waals surface area contributed by atoms with Gasteiger partial charge in [0, 0.05) is 0 Å². The van der Waals surface area contributed by atoms with E-state index in [4.69, 9.17) is 9.47 Å². The number of benzene rings is 3. The number of ether oxygens (including phenoxy) is 2. The molecule has 2 N–H and O–H groups in total. The van der Waals surface area contributed by atoms with E-state index in [9.17, 15) is 10.2 Å². The van der Waals surface area contributed by atoms with E-state index in [1.54, 1.807) is 56.5 Å². The van der Waals surface area contributed by atoms with Gasteiger partial charge in [0.05, 0.1) is 17.5 Å². The SMILES string of the molecule is Cc1cc(OC2(Oc3ccc(O)c(C)c3)C=Nc3ccccc32)ccc1O. The maximum absolute atomic E-state index is 9.78. The monoisotopic (exact) mass is 361 g/mol. The molecule has 0 fully saturated rings. The number of phenolic OH excluding ortho intramolecular Hbond substituents is 2. The van der Waals surface area contributed by atoms with Crippen LogP contribution in [0.3, 0.4) is 0 Å². The van der Waals surface area contributed by atoms with E-state index in [0.717, 1.165) is 11.3 Å². The van der Waals surface area contributed by atoms with E-state index in [0.29, 0.717) is 22.6 Å². The predicted octanol–water partition coefficient (Wildman–Crippen LogP) is 4.74. The number of phenols is 2. The van der Waals surface area contributed by atoms with Crippen molar-refractivity contribution in [2.45, 2.75) is 19.6 Å². The largest absolute Gasteiger partial charge is 0.508 e. The molecule has 0 spiro atoms. The van der Waals surface area contributed by atoms with Gasteiger partial charge in [-0.2, -0.15) is 0 Å². The molecule has 1 heterocycles. The summed E-state index contributed by atoms with van der Waals surface area (Å²) in [7, 11) is 0. The molecule has 0 radical (unpaired) electrons. The van der Waals surface area contributed by atoms with Crippen molar-refractivity contribution in [3.8, 4) is 23.0 Å². The molecule has 136 valence electrons. The minimum Gasteiger partial charge on any atom is -0.508 e. The molecule has 5 nitrogen and oxygen atoms in total. The lowest BCUT2D eigenvalue weighted by molar-refractivity contribution is -0.0504. The molecule has 1 aliphatic heterocycles. The Morgan fingerprint density at radius 1 is 0.778 bits per heavy atom. The third-order valence-corrected chi connectivity index (χ3v) is 4.53. The Morgan fingerprint density at radius 3 is 1.89 bits per heavy atom. The lowest BCUT2D eigenvalue weighted by atomic mass is 10.1. The van der Waals surface area contributed by atoms with Crippen molar-refractivity contribution < 1.29 is 19.7 Å². The number of aromatic hydroxyl groups is 2. The van der Waals surface area contributed by atoms with Gasteiger partial charge in [0.1, 0.15) is 23.0 Å². The summed E-state index contributed by atoms with van der Waals surface area (Å²) in [5.41, 5.74) is 2.95. The minimum absolute atomic E-state index is 0.201. The molecular formula is C22H19NO4. The number of rotatable bonds is 4. The van der Waals surface area contributed by atoms with Crippen LogP contribution in [0.15, 0.2) is 65.7 Å². The topological polar surface area (TPSA) is 71.3 Å². The molecule has 0 saturated heterocycles. The highest BCUT2D eigenvalue weighted by molar-refractivity contribution is 5.83. The maximum Gasteiger partial charge on any atom is 0.317 e. The average molecular weight is 361 g/mol. The van der Waals surface area contributed by atoms with E-state index >= 15 is 0 Å². The van der Waals surface area contributed by atoms with Gasteiger partial charge >= 0.3 is 5.79 Å². The number of hydrogen-bond acceptors (Lipinski definition) is 5. The summed E-state index contributed by atoms with van der Waals surface area (Å²) in [6, 6.07) is 17.6. The highest BCUT2D eigenvalue weighted by Gasteiger charge is 2.42. The molecule has 0 amide bonds. The Labute approximate surface area is 157 Å². The van der Waals surface area contributed by atoms with Gasteiger partial charge in [0.25, 0.3) is 0 Å². The van der Waals surface area contributed by atoms with Gasteiger partial charge in [0.15, 0.2) is 0 Å². The van der Waals surface area contributed by atoms with Gasteiger partial charge in [-0.25, -0.2) is 0 Å². The van der Waals surface area contributed by atoms with Gasteiger partial charge in [0.2, 0.25) is 0 Å². The zero-order chi connectivity index (χ0) is 19.0. The second-order valence-electron chi connectivity index (χ2n) is 6.54. The molecule has 0 aromatic heterocycles. The van der Waals surface area contributed by atoms with Gasteiger partial charge in [-0.3, -0.25) is 4.99 Å². The van der Waals surface area contributed by atoms with Crippen molar-refractivity contribution >= 4 is 11.9 Å². The van der Waals surface area contributed by atoms with Crippen LogP contribution in [-0.4, -0.2) is 16.4 Å². The first-order valence-electron chi connectivity index (χ1n) is 8.59. The molecule has 27 heavy (non-hydrogen) atoms. The fourth-order valence-corrected chi connectivity index (χ4v) is 3.02. The van der Waals surface area contributed by atoms with Crippen LogP contribution in [-0.2, 0) is 5.79 Å². The maximum atomic E-state index is 9.78. The molecule has 0 atom stereocenters. The first-order valence-corrected chi connectivity index (χ1v) is 8.59. The summed E-state index contributed by atoms with van der Waals surface area (Å²) in [6.07, 6.45) is 1.63. The molecule has 3 aromatic rings. The van der Waals surface area contributed by atoms with E-state index in [1.807, 2.05) is 24.3 Å². The molecule has 3 aromatic carbocycles. The van der Waals surface area contributed by atoms with E-state index in [2.05, 4.69) is 4.99 Å². The molecule has 0 unspecified atom stereocenters. The van der Waals surface area contributed by atoms with Crippen LogP contribution in [0.5, 0.6) is 23.0 Å². The lowest BCUT2D eigenvalue weighted by Crippen LogP contribution is -2.39. The van der Waals surface area contributed by atoms with Crippen molar-refractivity contribution in [2.24, 2.45) is 4.99 Å². The smallest absolute Gasteiger partial charge is 0.317 e. The van der Waals surface area contributed by atoms with Crippen LogP contribution >= 0.6 is 0 Å². The van der Waals surface area contributed by atoms with E-state index in [-0.39, 0.29) is 11.5 Å². The number of nitrogens with zero attached hydrogens (tertiary/aromatic N) is 1. The molecule has 4 rings (SSSR count). The summed E-state index contributed by atoms with van der Waals surface area (Å²) in [4.78, 5) is 4.45. The highest BCUT2D eigenvalue weighted by Crippen LogP contribution is 2.41. The average Bonchev–Trinajstić information content (AvgIpc) is 3.00. The van der Waals surface area contributed by atoms with Crippen molar-refractivity contribution in [3.63, 3.8) is 0 Å². The zero-order valence-electron chi connectivity index (χ0n) is 15.0. The molecule has 0 aliphatic carbocycles. The standard InChI is InChI=1S/C22H19NO4/c1-14-11-16(7-9-20(14)24)26-22(13-23-19-6-4-3-5-18(19)22)27-17-8-10-21(25)15(2)12-17/h3-13,24-25H,1-2H3. The number of aryl methyl sites for hydroxylation is 2. The summed E-state index contributed by atoms with van der Waals surface area (Å²) in [5.74, 6) is 0.246. The fraction of sp³-hybridized carbons (Fsp3) is 0.136. The number of para-hydroxylation sites is 1. The number of aliphatic imine (C=N–C) groups is 1. The van der Waals surface area contributed by atoms with Gasteiger partial charge in [-0.1, -0.05) is 12.1 Å². The molecular weight excluding hydrogens is 342 g/mol. The third kappa shape index (κ3) is 3.08. The minimum atomic E-state index is -1.25. The van der Waals surface area contributed by atoms with Crippen LogP contribution in [0.4, 0.5) is 5.69 Å². The molecule has 1 aliphatic rings. The Bertz CT molecular complexity index is 989. The van der Waals surface area contributed by atoms with E-state index in [1.165, 1.54) is 0 Å². The first kappa shape index (κ1) is 17.0. The zero-order valence-corrected chi connectivity index (χ0v) is 15.0. The molecule has 0 saturated carbocycles. The summed E-state index contributed by atoms with van der Waals surface area (Å²) >= 11 is 0. The predicted molar refractivity (Wildman–Crippen MR) is 103 cm³/mol.